The molecule has 0 radical (unpaired) electrons. The maximum atomic E-state index is 12.7. The summed E-state index contributed by atoms with van der Waals surface area (Å²) in [6.07, 6.45) is 8.72. The van der Waals surface area contributed by atoms with Gasteiger partial charge in [-0.2, -0.15) is 0 Å². The number of benzene rings is 1. The van der Waals surface area contributed by atoms with Crippen molar-refractivity contribution in [2.45, 2.75) is 76.4 Å². The van der Waals surface area contributed by atoms with Crippen molar-refractivity contribution < 1.29 is 9.59 Å². The minimum Gasteiger partial charge on any atom is -0.336 e. The summed E-state index contributed by atoms with van der Waals surface area (Å²) >= 11 is 0. The summed E-state index contributed by atoms with van der Waals surface area (Å²) in [5.41, 5.74) is 1.48. The number of hydrogen-bond donors (Lipinski definition) is 2. The van der Waals surface area contributed by atoms with E-state index < -0.39 is 0 Å². The minimum absolute atomic E-state index is 0. The molecule has 3 heterocycles. The quantitative estimate of drug-likeness (QED) is 0.796. The van der Waals surface area contributed by atoms with Crippen LogP contribution in [0.1, 0.15) is 68.6 Å². The van der Waals surface area contributed by atoms with Gasteiger partial charge in [0.2, 0.25) is 5.91 Å². The second-order valence-electron chi connectivity index (χ2n) is 8.65. The Kier molecular flexibility index (Phi) is 7.00. The maximum absolute atomic E-state index is 12.7. The Morgan fingerprint density at radius 1 is 1.07 bits per heavy atom. The Morgan fingerprint density at radius 2 is 1.75 bits per heavy atom. The first-order chi connectivity index (χ1) is 13.1. The Hall–Kier alpha value is -1.59. The van der Waals surface area contributed by atoms with E-state index >= 15 is 0 Å². The second-order valence-corrected chi connectivity index (χ2v) is 8.65. The number of halogens is 1. The molecule has 3 aliphatic heterocycles. The number of carbonyl (C=O) groups is 2. The molecule has 2 N–H and O–H groups in total. The molecule has 28 heavy (non-hydrogen) atoms. The number of nitrogens with zero attached hydrogens (tertiary/aromatic N) is 1. The van der Waals surface area contributed by atoms with Crippen LogP contribution in [0, 0.1) is 5.92 Å². The van der Waals surface area contributed by atoms with Crippen molar-refractivity contribution in [3.8, 4) is 0 Å². The summed E-state index contributed by atoms with van der Waals surface area (Å²) < 4.78 is 0. The van der Waals surface area contributed by atoms with Crippen LogP contribution in [-0.2, 0) is 4.79 Å². The van der Waals surface area contributed by atoms with Crippen molar-refractivity contribution in [1.82, 2.24) is 10.2 Å². The zero-order valence-electron chi connectivity index (χ0n) is 16.7. The highest BCUT2D eigenvalue weighted by molar-refractivity contribution is 5.96. The Bertz CT molecular complexity index is 682. The fourth-order valence-corrected chi connectivity index (χ4v) is 5.08. The van der Waals surface area contributed by atoms with E-state index in [0.29, 0.717) is 36.0 Å². The summed E-state index contributed by atoms with van der Waals surface area (Å²) in [6, 6.07) is 8.92. The molecule has 6 heteroatoms. The van der Waals surface area contributed by atoms with Gasteiger partial charge in [0, 0.05) is 42.3 Å². The Balaban J connectivity index is 0.00000225. The molecule has 1 aromatic carbocycles. The van der Waals surface area contributed by atoms with Crippen LogP contribution in [-0.4, -0.2) is 41.4 Å². The standard InChI is InChI=1S/C22H31N3O2.ClH/c1-15-4-2-3-11-25(15)22(27)17-5-7-18(8-6-17)24-21(26)14-16-12-19-9-10-20(13-16)23-19;/h5-8,15-16,19-20,23H,2-4,9-14H2,1H3,(H,24,26);1H. The fraction of sp³-hybridized carbons (Fsp3) is 0.636. The zero-order valence-corrected chi connectivity index (χ0v) is 17.5. The van der Waals surface area contributed by atoms with E-state index in [0.717, 1.165) is 37.9 Å². The molecule has 0 aliphatic carbocycles. The molecule has 154 valence electrons. The van der Waals surface area contributed by atoms with E-state index in [4.69, 9.17) is 0 Å². The highest BCUT2D eigenvalue weighted by Crippen LogP contribution is 2.32. The first-order valence-corrected chi connectivity index (χ1v) is 10.6. The van der Waals surface area contributed by atoms with Crippen LogP contribution in [0.3, 0.4) is 0 Å². The maximum Gasteiger partial charge on any atom is 0.254 e. The van der Waals surface area contributed by atoms with Crippen LogP contribution in [0.15, 0.2) is 24.3 Å². The van der Waals surface area contributed by atoms with Crippen LogP contribution in [0.4, 0.5) is 5.69 Å². The largest absolute Gasteiger partial charge is 0.336 e. The van der Waals surface area contributed by atoms with Crippen molar-refractivity contribution in [3.05, 3.63) is 29.8 Å². The molecule has 5 nitrogen and oxygen atoms in total. The summed E-state index contributed by atoms with van der Waals surface area (Å²) in [5, 5.41) is 6.63. The molecule has 3 unspecified atom stereocenters. The molecular formula is C22H32ClN3O2. The highest BCUT2D eigenvalue weighted by Gasteiger charge is 2.34. The summed E-state index contributed by atoms with van der Waals surface area (Å²) in [6.45, 7) is 2.97. The van der Waals surface area contributed by atoms with Gasteiger partial charge in [0.15, 0.2) is 0 Å². The lowest BCUT2D eigenvalue weighted by Crippen LogP contribution is -2.42. The number of nitrogens with one attached hydrogen (secondary N) is 2. The van der Waals surface area contributed by atoms with Crippen molar-refractivity contribution in [2.24, 2.45) is 5.92 Å². The molecule has 4 rings (SSSR count). The van der Waals surface area contributed by atoms with Gasteiger partial charge in [0.05, 0.1) is 0 Å². The molecule has 3 fully saturated rings. The van der Waals surface area contributed by atoms with Crippen LogP contribution in [0.5, 0.6) is 0 Å². The number of anilines is 1. The predicted octanol–water partition coefficient (Wildman–Crippen LogP) is 3.98. The number of hydrogen-bond acceptors (Lipinski definition) is 3. The summed E-state index contributed by atoms with van der Waals surface area (Å²) in [7, 11) is 0. The van der Waals surface area contributed by atoms with Gasteiger partial charge < -0.3 is 15.5 Å². The average Bonchev–Trinajstić information content (AvgIpc) is 3.00. The first kappa shape index (κ1) is 21.1. The second kappa shape index (κ2) is 9.27. The number of rotatable bonds is 4. The van der Waals surface area contributed by atoms with E-state index in [1.54, 1.807) is 0 Å². The number of fused-ring (bicyclic) bond motifs is 2. The van der Waals surface area contributed by atoms with E-state index in [2.05, 4.69) is 17.6 Å². The molecule has 3 aliphatic rings. The predicted molar refractivity (Wildman–Crippen MR) is 114 cm³/mol. The molecular weight excluding hydrogens is 374 g/mol. The van der Waals surface area contributed by atoms with Gasteiger partial charge >= 0.3 is 0 Å². The van der Waals surface area contributed by atoms with Gasteiger partial charge in [-0.05, 0) is 82.1 Å². The van der Waals surface area contributed by atoms with Gasteiger partial charge in [-0.25, -0.2) is 0 Å². The average molecular weight is 406 g/mol. The third-order valence-corrected chi connectivity index (χ3v) is 6.52. The molecule has 3 saturated heterocycles. The number of piperidine rings is 2. The third-order valence-electron chi connectivity index (χ3n) is 6.52. The van der Waals surface area contributed by atoms with Crippen molar-refractivity contribution >= 4 is 29.9 Å². The number of carbonyl (C=O) groups excluding carboxylic acids is 2. The summed E-state index contributed by atoms with van der Waals surface area (Å²) in [5.74, 6) is 0.681. The Labute approximate surface area is 174 Å². The van der Waals surface area contributed by atoms with Crippen LogP contribution < -0.4 is 10.6 Å². The minimum atomic E-state index is 0. The summed E-state index contributed by atoms with van der Waals surface area (Å²) in [4.78, 5) is 27.1. The van der Waals surface area contributed by atoms with Crippen LogP contribution in [0.25, 0.3) is 0 Å². The molecule has 3 atom stereocenters. The molecule has 2 bridgehead atoms. The zero-order chi connectivity index (χ0) is 18.8. The van der Waals surface area contributed by atoms with Crippen LogP contribution >= 0.6 is 12.4 Å². The van der Waals surface area contributed by atoms with Gasteiger partial charge in [0.25, 0.3) is 5.91 Å². The number of likely N-dealkylation sites (tertiary alicyclic amines) is 1. The molecule has 1 aromatic rings. The first-order valence-electron chi connectivity index (χ1n) is 10.6. The lowest BCUT2D eigenvalue weighted by atomic mass is 9.89. The molecule has 0 spiro atoms. The van der Waals surface area contributed by atoms with Gasteiger partial charge in [0.1, 0.15) is 0 Å². The van der Waals surface area contributed by atoms with E-state index in [-0.39, 0.29) is 24.2 Å². The smallest absolute Gasteiger partial charge is 0.254 e. The van der Waals surface area contributed by atoms with Crippen molar-refractivity contribution in [2.75, 3.05) is 11.9 Å². The van der Waals surface area contributed by atoms with E-state index in [1.807, 2.05) is 29.2 Å². The fourth-order valence-electron chi connectivity index (χ4n) is 5.08. The highest BCUT2D eigenvalue weighted by atomic mass is 35.5. The van der Waals surface area contributed by atoms with E-state index in [9.17, 15) is 9.59 Å². The SMILES string of the molecule is CC1CCCCN1C(=O)c1ccc(NC(=O)CC2CC3CCC(C2)N3)cc1.Cl. The molecule has 0 saturated carbocycles. The number of amides is 2. The van der Waals surface area contributed by atoms with Gasteiger partial charge in [-0.1, -0.05) is 0 Å². The van der Waals surface area contributed by atoms with Gasteiger partial charge in [-0.15, -0.1) is 12.4 Å². The third kappa shape index (κ3) is 4.87. The molecule has 2 amide bonds. The molecule has 0 aromatic heterocycles. The monoisotopic (exact) mass is 405 g/mol. The van der Waals surface area contributed by atoms with Crippen molar-refractivity contribution in [1.29, 1.82) is 0 Å². The van der Waals surface area contributed by atoms with E-state index in [1.165, 1.54) is 19.3 Å². The lowest BCUT2D eigenvalue weighted by molar-refractivity contribution is -0.117. The van der Waals surface area contributed by atoms with Gasteiger partial charge in [-0.3, -0.25) is 9.59 Å². The Morgan fingerprint density at radius 3 is 2.39 bits per heavy atom. The normalized spacial score (nSPS) is 29.1. The lowest BCUT2D eigenvalue weighted by Gasteiger charge is -2.33. The van der Waals surface area contributed by atoms with Crippen LogP contribution in [0.2, 0.25) is 0 Å². The van der Waals surface area contributed by atoms with Crippen molar-refractivity contribution in [3.63, 3.8) is 0 Å². The topological polar surface area (TPSA) is 61.4 Å².